The molecule has 20 heavy (non-hydrogen) atoms. The Kier molecular flexibility index (Phi) is 3.79. The van der Waals surface area contributed by atoms with Crippen molar-refractivity contribution in [2.24, 2.45) is 5.10 Å². The van der Waals surface area contributed by atoms with Gasteiger partial charge in [0.2, 0.25) is 0 Å². The van der Waals surface area contributed by atoms with E-state index in [0.29, 0.717) is 0 Å². The Balaban J connectivity index is 0.00000121. The Morgan fingerprint density at radius 3 is 2.65 bits per heavy atom. The summed E-state index contributed by atoms with van der Waals surface area (Å²) in [4.78, 5) is 0. The molecule has 5 heteroatoms. The number of ether oxygens (including phenoxy) is 1. The van der Waals surface area contributed by atoms with E-state index in [-0.39, 0.29) is 18.6 Å². The van der Waals surface area contributed by atoms with Crippen LogP contribution in [0.5, 0.6) is 5.75 Å². The minimum absolute atomic E-state index is 0. The number of rotatable bonds is 1. The van der Waals surface area contributed by atoms with Crippen LogP contribution in [0, 0.1) is 5.56 Å². The number of thioether (sulfide) groups is 1. The van der Waals surface area contributed by atoms with Crippen molar-refractivity contribution >= 4 is 16.8 Å². The fourth-order valence-corrected chi connectivity index (χ4v) is 3.07. The van der Waals surface area contributed by atoms with E-state index in [0.717, 1.165) is 28.5 Å². The van der Waals surface area contributed by atoms with E-state index in [1.165, 1.54) is 5.56 Å². The predicted molar refractivity (Wildman–Crippen MR) is 76.4 cm³/mol. The molecule has 0 aromatic heterocycles. The van der Waals surface area contributed by atoms with Gasteiger partial charge in [0, 0.05) is 41.8 Å². The molecule has 2 aliphatic rings. The molecule has 0 aliphatic carbocycles. The fraction of sp³-hybridized carbons (Fsp3) is 0.0667. The van der Waals surface area contributed by atoms with Gasteiger partial charge < -0.3 is 9.75 Å². The van der Waals surface area contributed by atoms with Gasteiger partial charge in [-0.1, -0.05) is 48.5 Å². The fourth-order valence-electron chi connectivity index (χ4n) is 2.17. The molecule has 2 heterocycles. The maximum Gasteiger partial charge on any atom is 0.0937 e. The molecule has 0 spiro atoms. The largest absolute Gasteiger partial charge is 0.625 e. The van der Waals surface area contributed by atoms with Crippen molar-refractivity contribution in [1.82, 2.24) is 5.01 Å². The molecular weight excluding hydrogens is 307 g/mol. The van der Waals surface area contributed by atoms with Gasteiger partial charge in [0.25, 0.3) is 0 Å². The molecule has 99 valence electrons. The van der Waals surface area contributed by atoms with E-state index < -0.39 is 0 Å². The van der Waals surface area contributed by atoms with E-state index in [4.69, 9.17) is 4.74 Å². The molecule has 0 bridgehead atoms. The molecule has 0 fully saturated rings. The van der Waals surface area contributed by atoms with E-state index in [1.54, 1.807) is 11.8 Å². The third-order valence-corrected chi connectivity index (χ3v) is 4.10. The van der Waals surface area contributed by atoms with Crippen LogP contribution in [0.4, 0.5) is 0 Å². The Morgan fingerprint density at radius 1 is 1.05 bits per heavy atom. The van der Waals surface area contributed by atoms with Crippen LogP contribution in [0.25, 0.3) is 0 Å². The summed E-state index contributed by atoms with van der Waals surface area (Å²) in [5.74, 6) is 0.936. The van der Waals surface area contributed by atoms with Gasteiger partial charge in [-0.05, 0) is 6.07 Å². The van der Waals surface area contributed by atoms with E-state index in [2.05, 4.69) is 23.3 Å². The molecular formula is C15H11N2OSV-. The quantitative estimate of drug-likeness (QED) is 0.753. The van der Waals surface area contributed by atoms with Crippen LogP contribution in [0.3, 0.4) is 0 Å². The summed E-state index contributed by atoms with van der Waals surface area (Å²) in [6.07, 6.45) is 0. The second-order valence-corrected chi connectivity index (χ2v) is 5.35. The first-order valence-electron chi connectivity index (χ1n) is 6.12. The second-order valence-electron chi connectivity index (χ2n) is 4.41. The third kappa shape index (κ3) is 2.35. The Hall–Kier alpha value is -1.36. The minimum atomic E-state index is 0. The number of hydrogen-bond donors (Lipinski definition) is 0. The van der Waals surface area contributed by atoms with Crippen LogP contribution < -0.4 is 4.74 Å². The van der Waals surface area contributed by atoms with Crippen LogP contribution in [0.1, 0.15) is 11.1 Å². The molecule has 0 amide bonds. The first-order chi connectivity index (χ1) is 9.40. The number of hydrazone groups is 1. The van der Waals surface area contributed by atoms with Crippen molar-refractivity contribution in [3.8, 4) is 5.75 Å². The Morgan fingerprint density at radius 2 is 1.80 bits per heavy atom. The van der Waals surface area contributed by atoms with Crippen LogP contribution in [-0.2, 0) is 25.1 Å². The van der Waals surface area contributed by atoms with Crippen molar-refractivity contribution in [2.75, 3.05) is 0 Å². The van der Waals surface area contributed by atoms with Crippen molar-refractivity contribution in [3.05, 3.63) is 71.3 Å². The van der Waals surface area contributed by atoms with Gasteiger partial charge in [-0.3, -0.25) is 0 Å². The topological polar surface area (TPSA) is 24.8 Å². The minimum Gasteiger partial charge on any atom is -0.625 e. The first kappa shape index (κ1) is 13.6. The molecule has 2 aromatic rings. The standard InChI is InChI=1S/C15H11N2OS.V/c1-2-6-11(7-3-1)14-16-17-10-12-8-4-5-9-13(12)18-15(17)19-14;/h1-9H,10H2;/q-1;. The smallest absolute Gasteiger partial charge is 0.0937 e. The normalized spacial score (nSPS) is 16.6. The van der Waals surface area contributed by atoms with Gasteiger partial charge in [0.15, 0.2) is 0 Å². The zero-order chi connectivity index (χ0) is 12.7. The monoisotopic (exact) mass is 318 g/mol. The van der Waals surface area contributed by atoms with Gasteiger partial charge in [-0.2, -0.15) is 5.10 Å². The van der Waals surface area contributed by atoms with Gasteiger partial charge in [0.1, 0.15) is 0 Å². The van der Waals surface area contributed by atoms with Gasteiger partial charge in [-0.15, -0.1) is 0 Å². The maximum atomic E-state index is 5.90. The number of benzene rings is 2. The summed E-state index contributed by atoms with van der Waals surface area (Å²) in [6.45, 7) is 0.773. The number of fused-ring (bicyclic) bond motifs is 2. The molecule has 4 rings (SSSR count). The van der Waals surface area contributed by atoms with Crippen LogP contribution in [-0.4, -0.2) is 10.1 Å². The van der Waals surface area contributed by atoms with E-state index >= 15 is 0 Å². The molecule has 2 aromatic carbocycles. The van der Waals surface area contributed by atoms with Crippen molar-refractivity contribution in [2.45, 2.75) is 6.54 Å². The van der Waals surface area contributed by atoms with Gasteiger partial charge in [-0.25, -0.2) is 11.8 Å². The number of hydrogen-bond acceptors (Lipinski definition) is 4. The molecule has 0 atom stereocenters. The molecule has 1 radical (unpaired) electrons. The zero-order valence-corrected chi connectivity index (χ0v) is 12.8. The summed E-state index contributed by atoms with van der Waals surface area (Å²) < 4.78 is 5.90. The van der Waals surface area contributed by atoms with Crippen molar-refractivity contribution < 1.29 is 23.3 Å². The Bertz CT molecular complexity index is 647. The molecule has 0 saturated heterocycles. The SMILES string of the molecule is [V].c1ccc(C2=NN3Cc4ccccc4O[C-]3S2)cc1. The van der Waals surface area contributed by atoms with E-state index in [1.807, 2.05) is 41.4 Å². The van der Waals surface area contributed by atoms with Crippen LogP contribution >= 0.6 is 11.8 Å². The molecule has 3 nitrogen and oxygen atoms in total. The molecule has 0 saturated carbocycles. The van der Waals surface area contributed by atoms with Crippen molar-refractivity contribution in [1.29, 1.82) is 0 Å². The summed E-state index contributed by atoms with van der Waals surface area (Å²) >= 11 is 1.58. The van der Waals surface area contributed by atoms with Crippen molar-refractivity contribution in [3.63, 3.8) is 0 Å². The molecule has 0 unspecified atom stereocenters. The zero-order valence-electron chi connectivity index (χ0n) is 10.6. The van der Waals surface area contributed by atoms with Gasteiger partial charge in [0.05, 0.1) is 10.8 Å². The summed E-state index contributed by atoms with van der Waals surface area (Å²) in [6, 6.07) is 18.3. The van der Waals surface area contributed by atoms with E-state index in [9.17, 15) is 0 Å². The third-order valence-electron chi connectivity index (χ3n) is 3.12. The summed E-state index contributed by atoms with van der Waals surface area (Å²) in [5, 5.41) is 7.55. The number of para-hydroxylation sites is 1. The maximum absolute atomic E-state index is 5.90. The van der Waals surface area contributed by atoms with Crippen LogP contribution in [0.2, 0.25) is 0 Å². The van der Waals surface area contributed by atoms with Gasteiger partial charge >= 0.3 is 0 Å². The Labute approximate surface area is 133 Å². The molecule has 2 aliphatic heterocycles. The first-order valence-corrected chi connectivity index (χ1v) is 6.94. The summed E-state index contributed by atoms with van der Waals surface area (Å²) in [7, 11) is 0. The summed E-state index contributed by atoms with van der Waals surface area (Å²) in [5.41, 5.74) is 3.14. The number of nitrogens with zero attached hydrogens (tertiary/aromatic N) is 2. The van der Waals surface area contributed by atoms with Crippen LogP contribution in [0.15, 0.2) is 59.7 Å². The average Bonchev–Trinajstić information content (AvgIpc) is 2.88. The predicted octanol–water partition coefficient (Wildman–Crippen LogP) is 3.43. The average molecular weight is 318 g/mol. The second kappa shape index (κ2) is 5.56. The molecule has 0 N–H and O–H groups in total.